The SMILES string of the molecule is CC(C)c1ccc(O)c(CN2CCN(S(=O)(=O)c3ccccc3)CC2)c1. The molecular weight excluding hydrogens is 348 g/mol. The summed E-state index contributed by atoms with van der Waals surface area (Å²) in [7, 11) is -3.43. The van der Waals surface area contributed by atoms with E-state index in [2.05, 4.69) is 18.7 Å². The van der Waals surface area contributed by atoms with Crippen molar-refractivity contribution in [2.24, 2.45) is 0 Å². The van der Waals surface area contributed by atoms with Gasteiger partial charge in [0.2, 0.25) is 10.0 Å². The first kappa shape index (κ1) is 18.9. The highest BCUT2D eigenvalue weighted by Crippen LogP contribution is 2.25. The zero-order valence-corrected chi connectivity index (χ0v) is 16.1. The molecule has 0 amide bonds. The summed E-state index contributed by atoms with van der Waals surface area (Å²) in [5.41, 5.74) is 2.10. The molecule has 1 fully saturated rings. The largest absolute Gasteiger partial charge is 0.508 e. The Hall–Kier alpha value is -1.89. The predicted octanol–water partition coefficient (Wildman–Crippen LogP) is 3.02. The highest BCUT2D eigenvalue weighted by atomic mass is 32.2. The van der Waals surface area contributed by atoms with Gasteiger partial charge >= 0.3 is 0 Å². The lowest BCUT2D eigenvalue weighted by Crippen LogP contribution is -2.48. The first-order valence-corrected chi connectivity index (χ1v) is 10.4. The quantitative estimate of drug-likeness (QED) is 0.874. The molecule has 0 saturated carbocycles. The molecular formula is C20H26N2O3S. The number of hydrogen-bond donors (Lipinski definition) is 1. The summed E-state index contributed by atoms with van der Waals surface area (Å²) < 4.78 is 26.9. The first-order chi connectivity index (χ1) is 12.4. The molecule has 3 rings (SSSR count). The third-order valence-corrected chi connectivity index (χ3v) is 6.79. The molecule has 0 aromatic heterocycles. The second-order valence-electron chi connectivity index (χ2n) is 7.04. The molecule has 0 bridgehead atoms. The van der Waals surface area contributed by atoms with Gasteiger partial charge in [-0.15, -0.1) is 0 Å². The fourth-order valence-electron chi connectivity index (χ4n) is 3.20. The molecule has 2 aromatic carbocycles. The smallest absolute Gasteiger partial charge is 0.243 e. The molecule has 5 nitrogen and oxygen atoms in total. The van der Waals surface area contributed by atoms with Crippen molar-refractivity contribution in [1.29, 1.82) is 0 Å². The lowest BCUT2D eigenvalue weighted by molar-refractivity contribution is 0.180. The molecule has 140 valence electrons. The van der Waals surface area contributed by atoms with Crippen LogP contribution in [0.1, 0.15) is 30.9 Å². The molecule has 1 aliphatic rings. The van der Waals surface area contributed by atoms with E-state index in [1.54, 1.807) is 34.6 Å². The summed E-state index contributed by atoms with van der Waals surface area (Å²) in [5.74, 6) is 0.705. The number of aromatic hydroxyl groups is 1. The van der Waals surface area contributed by atoms with Gasteiger partial charge in [-0.3, -0.25) is 4.90 Å². The van der Waals surface area contributed by atoms with Crippen molar-refractivity contribution in [2.45, 2.75) is 31.2 Å². The lowest BCUT2D eigenvalue weighted by atomic mass is 10.00. The highest BCUT2D eigenvalue weighted by Gasteiger charge is 2.28. The van der Waals surface area contributed by atoms with Crippen LogP contribution in [0.4, 0.5) is 0 Å². The van der Waals surface area contributed by atoms with Gasteiger partial charge in [-0.2, -0.15) is 4.31 Å². The van der Waals surface area contributed by atoms with E-state index in [0.29, 0.717) is 49.3 Å². The Morgan fingerprint density at radius 1 is 1.00 bits per heavy atom. The van der Waals surface area contributed by atoms with Crippen molar-refractivity contribution < 1.29 is 13.5 Å². The number of hydrogen-bond acceptors (Lipinski definition) is 4. The summed E-state index contributed by atoms with van der Waals surface area (Å²) in [6.07, 6.45) is 0. The van der Waals surface area contributed by atoms with Gasteiger partial charge in [0.05, 0.1) is 4.90 Å². The molecule has 2 aromatic rings. The zero-order valence-electron chi connectivity index (χ0n) is 15.3. The van der Waals surface area contributed by atoms with Crippen LogP contribution >= 0.6 is 0 Å². The summed E-state index contributed by atoms with van der Waals surface area (Å²) >= 11 is 0. The summed E-state index contributed by atoms with van der Waals surface area (Å²) in [5, 5.41) is 10.1. The van der Waals surface area contributed by atoms with Crippen molar-refractivity contribution in [1.82, 2.24) is 9.21 Å². The Morgan fingerprint density at radius 2 is 1.65 bits per heavy atom. The van der Waals surface area contributed by atoms with Gasteiger partial charge in [0.25, 0.3) is 0 Å². The van der Waals surface area contributed by atoms with Crippen LogP contribution in [0.25, 0.3) is 0 Å². The maximum atomic E-state index is 12.7. The van der Waals surface area contributed by atoms with Crippen molar-refractivity contribution in [3.05, 3.63) is 59.7 Å². The lowest BCUT2D eigenvalue weighted by Gasteiger charge is -2.34. The average molecular weight is 375 g/mol. The normalized spacial score (nSPS) is 16.9. The summed E-state index contributed by atoms with van der Waals surface area (Å²) in [6.45, 7) is 7.11. The van der Waals surface area contributed by atoms with Crippen LogP contribution in [0.5, 0.6) is 5.75 Å². The van der Waals surface area contributed by atoms with E-state index >= 15 is 0 Å². The number of phenolic OH excluding ortho intramolecular Hbond substituents is 1. The van der Waals surface area contributed by atoms with E-state index in [4.69, 9.17) is 0 Å². The number of nitrogens with zero attached hydrogens (tertiary/aromatic N) is 2. The van der Waals surface area contributed by atoms with Crippen LogP contribution in [-0.2, 0) is 16.6 Å². The van der Waals surface area contributed by atoms with E-state index in [1.807, 2.05) is 18.2 Å². The van der Waals surface area contributed by atoms with Crippen LogP contribution < -0.4 is 0 Å². The monoisotopic (exact) mass is 374 g/mol. The van der Waals surface area contributed by atoms with Crippen molar-refractivity contribution in [3.8, 4) is 5.75 Å². The predicted molar refractivity (Wildman–Crippen MR) is 103 cm³/mol. The Labute approximate surface area is 155 Å². The van der Waals surface area contributed by atoms with Gasteiger partial charge in [-0.05, 0) is 29.7 Å². The summed E-state index contributed by atoms with van der Waals surface area (Å²) in [4.78, 5) is 2.53. The highest BCUT2D eigenvalue weighted by molar-refractivity contribution is 7.89. The van der Waals surface area contributed by atoms with E-state index in [1.165, 1.54) is 5.56 Å². The molecule has 1 aliphatic heterocycles. The maximum Gasteiger partial charge on any atom is 0.243 e. The Kier molecular flexibility index (Phi) is 5.65. The molecule has 26 heavy (non-hydrogen) atoms. The molecule has 0 aliphatic carbocycles. The minimum Gasteiger partial charge on any atom is -0.508 e. The molecule has 0 atom stereocenters. The van der Waals surface area contributed by atoms with Crippen LogP contribution in [0.2, 0.25) is 0 Å². The fourth-order valence-corrected chi connectivity index (χ4v) is 4.64. The Balaban J connectivity index is 1.65. The topological polar surface area (TPSA) is 60.9 Å². The van der Waals surface area contributed by atoms with Gasteiger partial charge in [0.1, 0.15) is 5.75 Å². The third-order valence-electron chi connectivity index (χ3n) is 4.88. The number of piperazine rings is 1. The van der Waals surface area contributed by atoms with E-state index < -0.39 is 10.0 Å². The van der Waals surface area contributed by atoms with Crippen LogP contribution in [0.3, 0.4) is 0 Å². The molecule has 1 saturated heterocycles. The Bertz CT molecular complexity index is 843. The fraction of sp³-hybridized carbons (Fsp3) is 0.400. The third kappa shape index (κ3) is 4.09. The summed E-state index contributed by atoms with van der Waals surface area (Å²) in [6, 6.07) is 14.3. The standard InChI is InChI=1S/C20H26N2O3S/c1-16(2)17-8-9-20(23)18(14-17)15-21-10-12-22(13-11-21)26(24,25)19-6-4-3-5-7-19/h3-9,14,16,23H,10-13,15H2,1-2H3. The number of phenols is 1. The minimum atomic E-state index is -3.43. The minimum absolute atomic E-state index is 0.300. The maximum absolute atomic E-state index is 12.7. The van der Waals surface area contributed by atoms with Crippen LogP contribution in [0.15, 0.2) is 53.4 Å². The van der Waals surface area contributed by atoms with E-state index in [9.17, 15) is 13.5 Å². The number of benzene rings is 2. The van der Waals surface area contributed by atoms with Gasteiger partial charge in [0, 0.05) is 38.3 Å². The molecule has 1 N–H and O–H groups in total. The van der Waals surface area contributed by atoms with E-state index in [0.717, 1.165) is 5.56 Å². The second-order valence-corrected chi connectivity index (χ2v) is 8.97. The van der Waals surface area contributed by atoms with E-state index in [-0.39, 0.29) is 0 Å². The first-order valence-electron chi connectivity index (χ1n) is 8.97. The van der Waals surface area contributed by atoms with Crippen LogP contribution in [-0.4, -0.2) is 48.9 Å². The van der Waals surface area contributed by atoms with Gasteiger partial charge in [0.15, 0.2) is 0 Å². The molecule has 0 radical (unpaired) electrons. The molecule has 6 heteroatoms. The van der Waals surface area contributed by atoms with Gasteiger partial charge in [-0.1, -0.05) is 44.2 Å². The molecule has 0 spiro atoms. The van der Waals surface area contributed by atoms with Gasteiger partial charge < -0.3 is 5.11 Å². The second kappa shape index (κ2) is 7.78. The number of rotatable bonds is 5. The van der Waals surface area contributed by atoms with Crippen molar-refractivity contribution in [2.75, 3.05) is 26.2 Å². The average Bonchev–Trinajstić information content (AvgIpc) is 2.64. The Morgan fingerprint density at radius 3 is 2.27 bits per heavy atom. The van der Waals surface area contributed by atoms with Crippen molar-refractivity contribution >= 4 is 10.0 Å². The molecule has 1 heterocycles. The van der Waals surface area contributed by atoms with Crippen molar-refractivity contribution in [3.63, 3.8) is 0 Å². The van der Waals surface area contributed by atoms with Crippen LogP contribution in [0, 0.1) is 0 Å². The zero-order chi connectivity index (χ0) is 18.7. The van der Waals surface area contributed by atoms with Gasteiger partial charge in [-0.25, -0.2) is 8.42 Å². The number of sulfonamides is 1. The molecule has 0 unspecified atom stereocenters.